The Labute approximate surface area is 221 Å². The number of rotatable bonds is 6. The Balaban J connectivity index is 1.47. The molecule has 190 valence electrons. The number of nitrogens with zero attached hydrogens (tertiary/aromatic N) is 2. The van der Waals surface area contributed by atoms with E-state index in [1.807, 2.05) is 72.2 Å². The van der Waals surface area contributed by atoms with E-state index in [1.165, 1.54) is 12.1 Å². The number of hydrogen-bond donors (Lipinski definition) is 1. The average Bonchev–Trinajstić information content (AvgIpc) is 3.34. The first-order valence-corrected chi connectivity index (χ1v) is 13.9. The number of sulfonamides is 1. The molecule has 2 heterocycles. The van der Waals surface area contributed by atoms with E-state index in [4.69, 9.17) is 0 Å². The fourth-order valence-electron chi connectivity index (χ4n) is 5.32. The Bertz CT molecular complexity index is 1780. The lowest BCUT2D eigenvalue weighted by Crippen LogP contribution is -2.38. The summed E-state index contributed by atoms with van der Waals surface area (Å²) >= 11 is 0. The number of carbonyl (C=O) groups excluding carboxylic acids is 1. The van der Waals surface area contributed by atoms with Crippen LogP contribution in [-0.4, -0.2) is 41.0 Å². The van der Waals surface area contributed by atoms with Crippen LogP contribution in [0.25, 0.3) is 33.3 Å². The monoisotopic (exact) mass is 522 g/mol. The van der Waals surface area contributed by atoms with E-state index < -0.39 is 22.0 Å². The van der Waals surface area contributed by atoms with E-state index in [0.717, 1.165) is 43.2 Å². The third-order valence-electron chi connectivity index (χ3n) is 7.01. The van der Waals surface area contributed by atoms with Crippen LogP contribution in [-0.2, 0) is 16.6 Å². The Hall–Kier alpha value is -4.20. The van der Waals surface area contributed by atoms with Gasteiger partial charge in [-0.15, -0.1) is 0 Å². The lowest BCUT2D eigenvalue weighted by molar-refractivity contribution is 0.0773. The van der Waals surface area contributed by atoms with Gasteiger partial charge in [0.05, 0.1) is 30.5 Å². The lowest BCUT2D eigenvalue weighted by atomic mass is 9.98. The molecule has 1 aromatic heterocycles. The highest BCUT2D eigenvalue weighted by atomic mass is 32.2. The Kier molecular flexibility index (Phi) is 5.90. The Morgan fingerprint density at radius 2 is 1.42 bits per heavy atom. The van der Waals surface area contributed by atoms with Crippen molar-refractivity contribution in [1.29, 1.82) is 0 Å². The highest BCUT2D eigenvalue weighted by Crippen LogP contribution is 2.41. The van der Waals surface area contributed by atoms with Crippen LogP contribution >= 0.6 is 0 Å². The molecule has 0 unspecified atom stereocenters. The zero-order chi connectivity index (χ0) is 26.4. The zero-order valence-electron chi connectivity index (χ0n) is 20.8. The van der Waals surface area contributed by atoms with Gasteiger partial charge in [-0.05, 0) is 42.3 Å². The van der Waals surface area contributed by atoms with Gasteiger partial charge in [-0.25, -0.2) is 12.7 Å². The molecular formula is C31H26N2O4S. The van der Waals surface area contributed by atoms with Crippen molar-refractivity contribution in [3.8, 4) is 22.4 Å². The topological polar surface area (TPSA) is 79.6 Å². The summed E-state index contributed by atoms with van der Waals surface area (Å²) in [6.45, 7) is 1.81. The molecule has 0 saturated heterocycles. The molecule has 6 rings (SSSR count). The number of aliphatic hydroxyl groups is 1. The fourth-order valence-corrected chi connectivity index (χ4v) is 6.93. The van der Waals surface area contributed by atoms with E-state index >= 15 is 0 Å². The normalized spacial score (nSPS) is 15.1. The van der Waals surface area contributed by atoms with Crippen LogP contribution in [0.15, 0.2) is 108 Å². The minimum atomic E-state index is -4.02. The van der Waals surface area contributed by atoms with Crippen molar-refractivity contribution in [2.24, 2.45) is 0 Å². The van der Waals surface area contributed by atoms with E-state index in [0.29, 0.717) is 0 Å². The molecular weight excluding hydrogens is 496 g/mol. The molecule has 7 heteroatoms. The highest BCUT2D eigenvalue weighted by molar-refractivity contribution is 7.90. The molecule has 1 amide bonds. The number of β-amino-alcohol motifs (C(OH)–C–C–N with tert-alkyl or cyclic N) is 1. The Morgan fingerprint density at radius 3 is 2.11 bits per heavy atom. The molecule has 0 spiro atoms. The number of fused-ring (bicyclic) bond motifs is 2. The van der Waals surface area contributed by atoms with Crippen molar-refractivity contribution in [1.82, 2.24) is 8.87 Å². The van der Waals surface area contributed by atoms with Crippen molar-refractivity contribution >= 4 is 26.8 Å². The van der Waals surface area contributed by atoms with Crippen LogP contribution in [0.3, 0.4) is 0 Å². The van der Waals surface area contributed by atoms with E-state index in [1.54, 1.807) is 12.1 Å². The predicted octanol–water partition coefficient (Wildman–Crippen LogP) is 5.49. The van der Waals surface area contributed by atoms with Crippen molar-refractivity contribution in [3.05, 3.63) is 114 Å². The van der Waals surface area contributed by atoms with Crippen molar-refractivity contribution < 1.29 is 18.3 Å². The first kappa shape index (κ1) is 24.2. The standard InChI is InChI=1S/C31H26N2O4S/c1-21-16-17-27-26(18-21)29(22-10-4-2-5-11-22)30(23-12-6-3-7-13-23)32(27)19-24(34)20-33-31(35)25-14-8-9-15-28(25)38(33,36)37/h2-18,24,34H,19-20H2,1H3/t24-/m0/s1. The van der Waals surface area contributed by atoms with Gasteiger partial charge in [-0.3, -0.25) is 4.79 Å². The molecule has 6 nitrogen and oxygen atoms in total. The van der Waals surface area contributed by atoms with Crippen LogP contribution in [0, 0.1) is 6.92 Å². The lowest BCUT2D eigenvalue weighted by Gasteiger charge is -2.21. The van der Waals surface area contributed by atoms with Crippen molar-refractivity contribution in [2.45, 2.75) is 24.5 Å². The molecule has 1 atom stereocenters. The number of benzene rings is 4. The summed E-state index contributed by atoms with van der Waals surface area (Å²) in [7, 11) is -4.02. The summed E-state index contributed by atoms with van der Waals surface area (Å²) < 4.78 is 29.0. The van der Waals surface area contributed by atoms with Gasteiger partial charge in [-0.1, -0.05) is 84.4 Å². The zero-order valence-corrected chi connectivity index (χ0v) is 21.6. The fraction of sp³-hybridized carbons (Fsp3) is 0.129. The summed E-state index contributed by atoms with van der Waals surface area (Å²) in [5, 5.41) is 12.3. The van der Waals surface area contributed by atoms with Gasteiger partial charge in [0.15, 0.2) is 0 Å². The van der Waals surface area contributed by atoms with Gasteiger partial charge in [0.1, 0.15) is 4.90 Å². The molecule has 1 N–H and O–H groups in total. The van der Waals surface area contributed by atoms with Crippen molar-refractivity contribution in [2.75, 3.05) is 6.54 Å². The SMILES string of the molecule is Cc1ccc2c(c1)c(-c1ccccc1)c(-c1ccccc1)n2C[C@H](O)CN1C(=O)c2ccccc2S1(=O)=O. The maximum atomic E-state index is 13.1. The number of amides is 1. The van der Waals surface area contributed by atoms with E-state index in [9.17, 15) is 18.3 Å². The summed E-state index contributed by atoms with van der Waals surface area (Å²) in [5.74, 6) is -0.610. The molecule has 0 fully saturated rings. The van der Waals surface area contributed by atoms with Gasteiger partial charge in [0.2, 0.25) is 0 Å². The van der Waals surface area contributed by atoms with Crippen molar-refractivity contribution in [3.63, 3.8) is 0 Å². The summed E-state index contributed by atoms with van der Waals surface area (Å²) in [4.78, 5) is 12.9. The molecule has 1 aliphatic rings. The number of aromatic nitrogens is 1. The quantitative estimate of drug-likeness (QED) is 0.320. The van der Waals surface area contributed by atoms with Crippen LogP contribution < -0.4 is 0 Å². The summed E-state index contributed by atoms with van der Waals surface area (Å²) in [5.41, 5.74) is 6.16. The van der Waals surface area contributed by atoms with E-state index in [-0.39, 0.29) is 23.5 Å². The minimum Gasteiger partial charge on any atom is -0.389 e. The molecule has 0 aliphatic carbocycles. The first-order chi connectivity index (χ1) is 18.4. The molecule has 0 bridgehead atoms. The molecule has 1 aliphatic heterocycles. The molecule has 0 radical (unpaired) electrons. The second kappa shape index (κ2) is 9.28. The minimum absolute atomic E-state index is 0.0181. The maximum absolute atomic E-state index is 13.1. The molecule has 0 saturated carbocycles. The predicted molar refractivity (Wildman–Crippen MR) is 148 cm³/mol. The van der Waals surface area contributed by atoms with Gasteiger partial charge in [0.25, 0.3) is 15.9 Å². The first-order valence-electron chi connectivity index (χ1n) is 12.4. The number of aliphatic hydroxyl groups excluding tert-OH is 1. The summed E-state index contributed by atoms with van der Waals surface area (Å²) in [6, 6.07) is 32.4. The largest absolute Gasteiger partial charge is 0.389 e. The van der Waals surface area contributed by atoms with Crippen LogP contribution in [0.2, 0.25) is 0 Å². The molecule has 5 aromatic rings. The smallest absolute Gasteiger partial charge is 0.269 e. The van der Waals surface area contributed by atoms with Crippen LogP contribution in [0.4, 0.5) is 0 Å². The van der Waals surface area contributed by atoms with Gasteiger partial charge in [-0.2, -0.15) is 0 Å². The summed E-state index contributed by atoms with van der Waals surface area (Å²) in [6.07, 6.45) is -1.13. The maximum Gasteiger partial charge on any atom is 0.269 e. The molecule has 4 aromatic carbocycles. The third-order valence-corrected chi connectivity index (χ3v) is 8.82. The van der Waals surface area contributed by atoms with Crippen LogP contribution in [0.1, 0.15) is 15.9 Å². The van der Waals surface area contributed by atoms with Gasteiger partial charge in [0, 0.05) is 16.5 Å². The third kappa shape index (κ3) is 3.91. The second-order valence-electron chi connectivity index (χ2n) is 9.58. The number of aryl methyl sites for hydroxylation is 1. The van der Waals surface area contributed by atoms with Gasteiger partial charge >= 0.3 is 0 Å². The second-order valence-corrected chi connectivity index (χ2v) is 11.4. The van der Waals surface area contributed by atoms with Gasteiger partial charge < -0.3 is 9.67 Å². The van der Waals surface area contributed by atoms with E-state index in [2.05, 4.69) is 18.2 Å². The number of hydrogen-bond acceptors (Lipinski definition) is 4. The highest BCUT2D eigenvalue weighted by Gasteiger charge is 2.41. The molecule has 38 heavy (non-hydrogen) atoms. The number of carbonyl (C=O) groups is 1. The Morgan fingerprint density at radius 1 is 0.789 bits per heavy atom. The van der Waals surface area contributed by atoms with Crippen LogP contribution in [0.5, 0.6) is 0 Å². The average molecular weight is 523 g/mol.